The molecule has 2 bridgehead atoms. The van der Waals surface area contributed by atoms with E-state index in [1.165, 1.54) is 19.3 Å². The number of hydrogen-bond acceptors (Lipinski definition) is 3. The molecule has 3 nitrogen and oxygen atoms in total. The minimum atomic E-state index is 0.274. The van der Waals surface area contributed by atoms with Gasteiger partial charge in [-0.15, -0.1) is 0 Å². The molecule has 0 spiro atoms. The van der Waals surface area contributed by atoms with Crippen LogP contribution in [0.1, 0.15) is 26.2 Å². The summed E-state index contributed by atoms with van der Waals surface area (Å²) in [6, 6.07) is 0.274. The van der Waals surface area contributed by atoms with Gasteiger partial charge < -0.3 is 15.7 Å². The van der Waals surface area contributed by atoms with Crippen LogP contribution < -0.4 is 5.73 Å². The number of likely N-dealkylation sites (tertiary alicyclic amines) is 1. The summed E-state index contributed by atoms with van der Waals surface area (Å²) in [4.78, 5) is 2.51. The Balaban J connectivity index is 1.96. The summed E-state index contributed by atoms with van der Waals surface area (Å²) in [5, 5.41) is 9.42. The molecule has 2 fully saturated rings. The Morgan fingerprint density at radius 2 is 1.93 bits per heavy atom. The number of nitrogens with zero attached hydrogens (tertiary/aromatic N) is 1. The maximum atomic E-state index is 9.42. The van der Waals surface area contributed by atoms with E-state index < -0.39 is 0 Å². The van der Waals surface area contributed by atoms with Gasteiger partial charge in [0.2, 0.25) is 0 Å². The summed E-state index contributed by atoms with van der Waals surface area (Å²) < 4.78 is 0. The van der Waals surface area contributed by atoms with Crippen molar-refractivity contribution in [2.75, 3.05) is 26.2 Å². The molecule has 15 heavy (non-hydrogen) atoms. The van der Waals surface area contributed by atoms with Gasteiger partial charge in [-0.25, -0.2) is 0 Å². The summed E-state index contributed by atoms with van der Waals surface area (Å²) >= 11 is 0. The Kier molecular flexibility index (Phi) is 3.65. The van der Waals surface area contributed by atoms with Crippen molar-refractivity contribution in [3.8, 4) is 0 Å². The molecule has 0 aromatic carbocycles. The lowest BCUT2D eigenvalue weighted by atomic mass is 9.69. The van der Waals surface area contributed by atoms with Gasteiger partial charge in [-0.1, -0.05) is 6.42 Å². The van der Waals surface area contributed by atoms with E-state index in [0.29, 0.717) is 12.5 Å². The molecule has 3 unspecified atom stereocenters. The normalized spacial score (nSPS) is 39.0. The number of piperidine rings is 1. The molecule has 1 saturated heterocycles. The molecule has 1 heterocycles. The fraction of sp³-hybridized carbons (Fsp3) is 1.00. The third kappa shape index (κ3) is 2.52. The Morgan fingerprint density at radius 1 is 1.33 bits per heavy atom. The largest absolute Gasteiger partial charge is 0.396 e. The molecule has 0 aromatic rings. The first-order valence-electron chi connectivity index (χ1n) is 6.29. The molecule has 2 rings (SSSR count). The summed E-state index contributed by atoms with van der Waals surface area (Å²) in [7, 11) is 0. The smallest absolute Gasteiger partial charge is 0.0465 e. The lowest BCUT2D eigenvalue weighted by Crippen LogP contribution is -2.52. The molecular weight excluding hydrogens is 188 g/mol. The number of hydrogen-bond donors (Lipinski definition) is 2. The SMILES string of the molecule is CC(N)CN1CC2CCCC(C1)C2CO. The molecule has 2 aliphatic rings. The van der Waals surface area contributed by atoms with E-state index in [1.54, 1.807) is 0 Å². The van der Waals surface area contributed by atoms with Crippen molar-refractivity contribution in [3.05, 3.63) is 0 Å². The van der Waals surface area contributed by atoms with E-state index in [2.05, 4.69) is 11.8 Å². The van der Waals surface area contributed by atoms with Crippen molar-refractivity contribution in [1.29, 1.82) is 0 Å². The molecule has 1 aliphatic carbocycles. The number of fused-ring (bicyclic) bond motifs is 2. The van der Waals surface area contributed by atoms with Crippen molar-refractivity contribution in [3.63, 3.8) is 0 Å². The highest BCUT2D eigenvalue weighted by atomic mass is 16.3. The second-order valence-corrected chi connectivity index (χ2v) is 5.49. The Bertz CT molecular complexity index is 194. The van der Waals surface area contributed by atoms with Crippen LogP contribution in [0.25, 0.3) is 0 Å². The summed E-state index contributed by atoms with van der Waals surface area (Å²) in [5.41, 5.74) is 5.85. The van der Waals surface area contributed by atoms with Gasteiger partial charge >= 0.3 is 0 Å². The van der Waals surface area contributed by atoms with Gasteiger partial charge in [-0.3, -0.25) is 0 Å². The van der Waals surface area contributed by atoms with Crippen LogP contribution in [0.5, 0.6) is 0 Å². The van der Waals surface area contributed by atoms with Gasteiger partial charge in [0.1, 0.15) is 0 Å². The van der Waals surface area contributed by atoms with E-state index in [1.807, 2.05) is 0 Å². The zero-order chi connectivity index (χ0) is 10.8. The molecule has 0 aromatic heterocycles. The maximum absolute atomic E-state index is 9.42. The van der Waals surface area contributed by atoms with Gasteiger partial charge in [0, 0.05) is 32.3 Å². The molecule has 88 valence electrons. The van der Waals surface area contributed by atoms with Crippen LogP contribution in [-0.4, -0.2) is 42.3 Å². The fourth-order valence-electron chi connectivity index (χ4n) is 3.50. The standard InChI is InChI=1S/C12H24N2O/c1-9(13)5-14-6-10-3-2-4-11(7-14)12(10)8-15/h9-12,15H,2-8,13H2,1H3. The van der Waals surface area contributed by atoms with Gasteiger partial charge in [-0.2, -0.15) is 0 Å². The summed E-state index contributed by atoms with van der Waals surface area (Å²) in [5.74, 6) is 2.02. The fourth-order valence-corrected chi connectivity index (χ4v) is 3.50. The predicted molar refractivity (Wildman–Crippen MR) is 61.5 cm³/mol. The first-order chi connectivity index (χ1) is 7.20. The lowest BCUT2D eigenvalue weighted by molar-refractivity contribution is -0.00775. The zero-order valence-corrected chi connectivity index (χ0v) is 9.73. The van der Waals surface area contributed by atoms with Crippen molar-refractivity contribution in [2.45, 2.75) is 32.2 Å². The quantitative estimate of drug-likeness (QED) is 0.723. The Labute approximate surface area is 92.6 Å². The average Bonchev–Trinajstić information content (AvgIpc) is 2.15. The highest BCUT2D eigenvalue weighted by Gasteiger charge is 2.38. The van der Waals surface area contributed by atoms with Gasteiger partial charge in [0.05, 0.1) is 0 Å². The minimum absolute atomic E-state index is 0.274. The third-order valence-corrected chi connectivity index (χ3v) is 4.10. The molecule has 0 radical (unpaired) electrons. The van der Waals surface area contributed by atoms with Gasteiger partial charge in [0.25, 0.3) is 0 Å². The average molecular weight is 212 g/mol. The van der Waals surface area contributed by atoms with Gasteiger partial charge in [0.15, 0.2) is 0 Å². The van der Waals surface area contributed by atoms with Crippen molar-refractivity contribution in [1.82, 2.24) is 4.90 Å². The topological polar surface area (TPSA) is 49.5 Å². The van der Waals surface area contributed by atoms with Crippen molar-refractivity contribution in [2.24, 2.45) is 23.5 Å². The van der Waals surface area contributed by atoms with E-state index in [0.717, 1.165) is 31.5 Å². The Morgan fingerprint density at radius 3 is 2.40 bits per heavy atom. The molecule has 1 saturated carbocycles. The molecule has 3 atom stereocenters. The van der Waals surface area contributed by atoms with Crippen LogP contribution in [0, 0.1) is 17.8 Å². The van der Waals surface area contributed by atoms with E-state index in [9.17, 15) is 5.11 Å². The van der Waals surface area contributed by atoms with Crippen LogP contribution >= 0.6 is 0 Å². The number of aliphatic hydroxyl groups excluding tert-OH is 1. The summed E-state index contributed by atoms with van der Waals surface area (Å²) in [6.45, 7) is 5.80. The van der Waals surface area contributed by atoms with E-state index in [4.69, 9.17) is 5.73 Å². The monoisotopic (exact) mass is 212 g/mol. The third-order valence-electron chi connectivity index (χ3n) is 4.10. The van der Waals surface area contributed by atoms with Crippen LogP contribution in [0.3, 0.4) is 0 Å². The Hall–Kier alpha value is -0.120. The first-order valence-corrected chi connectivity index (χ1v) is 6.29. The van der Waals surface area contributed by atoms with Crippen LogP contribution in [0.2, 0.25) is 0 Å². The second-order valence-electron chi connectivity index (χ2n) is 5.49. The minimum Gasteiger partial charge on any atom is -0.396 e. The number of aliphatic hydroxyl groups is 1. The van der Waals surface area contributed by atoms with Crippen molar-refractivity contribution < 1.29 is 5.11 Å². The van der Waals surface area contributed by atoms with Crippen molar-refractivity contribution >= 4 is 0 Å². The van der Waals surface area contributed by atoms with Crippen LogP contribution in [0.15, 0.2) is 0 Å². The molecule has 0 amide bonds. The second kappa shape index (κ2) is 4.81. The van der Waals surface area contributed by atoms with Crippen LogP contribution in [0.4, 0.5) is 0 Å². The maximum Gasteiger partial charge on any atom is 0.0465 e. The number of rotatable bonds is 3. The van der Waals surface area contributed by atoms with Crippen LogP contribution in [-0.2, 0) is 0 Å². The number of nitrogens with two attached hydrogens (primary N) is 1. The predicted octanol–water partition coefficient (Wildman–Crippen LogP) is 0.674. The molecule has 3 N–H and O–H groups in total. The summed E-state index contributed by atoms with van der Waals surface area (Å²) in [6.07, 6.45) is 3.96. The van der Waals surface area contributed by atoms with E-state index in [-0.39, 0.29) is 6.04 Å². The highest BCUT2D eigenvalue weighted by Crippen LogP contribution is 2.39. The molecule has 1 aliphatic heterocycles. The highest BCUT2D eigenvalue weighted by molar-refractivity contribution is 4.90. The van der Waals surface area contributed by atoms with E-state index >= 15 is 0 Å². The van der Waals surface area contributed by atoms with Gasteiger partial charge in [-0.05, 0) is 37.5 Å². The lowest BCUT2D eigenvalue weighted by Gasteiger charge is -2.47. The molecular formula is C12H24N2O. The first kappa shape index (κ1) is 11.4. The zero-order valence-electron chi connectivity index (χ0n) is 9.73. The molecule has 3 heteroatoms.